The summed E-state index contributed by atoms with van der Waals surface area (Å²) < 4.78 is 62.2. The quantitative estimate of drug-likeness (QED) is 0.503. The number of amides is 1. The minimum absolute atomic E-state index is 0.0106. The Morgan fingerprint density at radius 1 is 1.24 bits per heavy atom. The van der Waals surface area contributed by atoms with Crippen LogP contribution in [0.4, 0.5) is 19.0 Å². The first kappa shape index (κ1) is 27.7. The number of nitrogens with one attached hydrogen (secondary N) is 2. The zero-order valence-electron chi connectivity index (χ0n) is 20.2. The van der Waals surface area contributed by atoms with Crippen molar-refractivity contribution in [3.05, 3.63) is 52.7 Å². The molecule has 198 valence electrons. The summed E-state index contributed by atoms with van der Waals surface area (Å²) in [6.45, 7) is 1.45. The molecular formula is C24H25F3N4O6. The minimum Gasteiger partial charge on any atom is -0.496 e. The van der Waals surface area contributed by atoms with Gasteiger partial charge in [0.25, 0.3) is 5.91 Å². The Hall–Kier alpha value is -3.89. The molecule has 1 aromatic heterocycles. The molecule has 2 aromatic rings. The standard InChI is InChI=1S/C24H25F3N4O6/c1-13(17-6-14(8-28)4-5-19(17)34-2)31-21-18(24(25,26)27)7-15(9-29-21)22(32)30-10-16-11-37-20(12-36-16)23(33)35-3/h4-7,9,13,16,20H,10-12H2,1-3H3,(H,29,31)(H,30,32). The van der Waals surface area contributed by atoms with Crippen LogP contribution in [-0.2, 0) is 25.2 Å². The molecular weight excluding hydrogens is 497 g/mol. The number of ether oxygens (including phenoxy) is 4. The van der Waals surface area contributed by atoms with Crippen LogP contribution in [0.5, 0.6) is 5.75 Å². The second kappa shape index (κ2) is 11.9. The van der Waals surface area contributed by atoms with Crippen molar-refractivity contribution in [1.82, 2.24) is 10.3 Å². The zero-order chi connectivity index (χ0) is 27.2. The first-order chi connectivity index (χ1) is 17.6. The number of halogens is 3. The summed E-state index contributed by atoms with van der Waals surface area (Å²) in [6, 6.07) is 6.56. The van der Waals surface area contributed by atoms with E-state index in [4.69, 9.17) is 19.5 Å². The van der Waals surface area contributed by atoms with E-state index in [0.717, 1.165) is 6.20 Å². The first-order valence-electron chi connectivity index (χ1n) is 11.1. The van der Waals surface area contributed by atoms with E-state index < -0.39 is 47.7 Å². The van der Waals surface area contributed by atoms with Crippen molar-refractivity contribution in [3.8, 4) is 11.8 Å². The van der Waals surface area contributed by atoms with Gasteiger partial charge in [-0.15, -0.1) is 0 Å². The largest absolute Gasteiger partial charge is 0.496 e. The second-order valence-corrected chi connectivity index (χ2v) is 8.06. The van der Waals surface area contributed by atoms with Gasteiger partial charge in [0.2, 0.25) is 0 Å². The molecule has 3 unspecified atom stereocenters. The number of nitrogens with zero attached hydrogens (tertiary/aromatic N) is 2. The Morgan fingerprint density at radius 2 is 2.00 bits per heavy atom. The molecule has 1 aliphatic heterocycles. The molecule has 0 bridgehead atoms. The molecule has 0 saturated carbocycles. The molecule has 1 aliphatic rings. The molecule has 10 nitrogen and oxygen atoms in total. The predicted octanol–water partition coefficient (Wildman–Crippen LogP) is 2.84. The van der Waals surface area contributed by atoms with Crippen LogP contribution in [0.1, 0.15) is 40.0 Å². The lowest BCUT2D eigenvalue weighted by Gasteiger charge is -2.28. The van der Waals surface area contributed by atoms with Crippen molar-refractivity contribution in [2.24, 2.45) is 0 Å². The summed E-state index contributed by atoms with van der Waals surface area (Å²) in [7, 11) is 2.62. The van der Waals surface area contributed by atoms with Crippen molar-refractivity contribution in [2.75, 3.05) is 39.3 Å². The Balaban J connectivity index is 1.72. The SMILES string of the molecule is COC(=O)C1COC(CNC(=O)c2cnc(NC(C)c3cc(C#N)ccc3OC)c(C(F)(F)F)c2)CO1. The third-order valence-electron chi connectivity index (χ3n) is 5.55. The highest BCUT2D eigenvalue weighted by atomic mass is 19.4. The number of nitriles is 1. The van der Waals surface area contributed by atoms with Gasteiger partial charge in [0.1, 0.15) is 11.6 Å². The van der Waals surface area contributed by atoms with Crippen molar-refractivity contribution in [2.45, 2.75) is 31.3 Å². The van der Waals surface area contributed by atoms with Crippen molar-refractivity contribution in [1.29, 1.82) is 5.26 Å². The maximum atomic E-state index is 13.9. The fourth-order valence-corrected chi connectivity index (χ4v) is 3.58. The Morgan fingerprint density at radius 3 is 2.59 bits per heavy atom. The van der Waals surface area contributed by atoms with E-state index in [1.807, 2.05) is 6.07 Å². The van der Waals surface area contributed by atoms with E-state index in [9.17, 15) is 22.8 Å². The van der Waals surface area contributed by atoms with Crippen LogP contribution in [0, 0.1) is 11.3 Å². The van der Waals surface area contributed by atoms with E-state index in [0.29, 0.717) is 22.9 Å². The second-order valence-electron chi connectivity index (χ2n) is 8.06. The Bertz CT molecular complexity index is 1180. The van der Waals surface area contributed by atoms with Crippen molar-refractivity contribution in [3.63, 3.8) is 0 Å². The van der Waals surface area contributed by atoms with Crippen LogP contribution in [0.3, 0.4) is 0 Å². The number of benzene rings is 1. The van der Waals surface area contributed by atoms with Gasteiger partial charge < -0.3 is 29.6 Å². The lowest BCUT2D eigenvalue weighted by Crippen LogP contribution is -2.45. The van der Waals surface area contributed by atoms with Gasteiger partial charge in [0, 0.05) is 18.3 Å². The van der Waals surface area contributed by atoms with E-state index in [2.05, 4.69) is 20.4 Å². The van der Waals surface area contributed by atoms with Crippen LogP contribution in [-0.4, -0.2) is 63.0 Å². The molecule has 1 fully saturated rings. The summed E-state index contributed by atoms with van der Waals surface area (Å²) in [4.78, 5) is 27.8. The number of alkyl halides is 3. The van der Waals surface area contributed by atoms with Crippen LogP contribution in [0.25, 0.3) is 0 Å². The number of pyridine rings is 1. The van der Waals surface area contributed by atoms with Gasteiger partial charge in [0.15, 0.2) is 6.10 Å². The topological polar surface area (TPSA) is 132 Å². The molecule has 3 atom stereocenters. The number of carbonyl (C=O) groups excluding carboxylic acids is 2. The zero-order valence-corrected chi connectivity index (χ0v) is 20.2. The highest BCUT2D eigenvalue weighted by Crippen LogP contribution is 2.36. The molecule has 1 saturated heterocycles. The third kappa shape index (κ3) is 6.87. The number of esters is 1. The number of hydrogen-bond acceptors (Lipinski definition) is 9. The van der Waals surface area contributed by atoms with E-state index >= 15 is 0 Å². The minimum atomic E-state index is -4.81. The Labute approximate surface area is 210 Å². The molecule has 0 spiro atoms. The van der Waals surface area contributed by atoms with Crippen LogP contribution >= 0.6 is 0 Å². The van der Waals surface area contributed by atoms with Gasteiger partial charge in [-0.25, -0.2) is 9.78 Å². The number of hydrogen-bond donors (Lipinski definition) is 2. The monoisotopic (exact) mass is 522 g/mol. The molecule has 0 radical (unpaired) electrons. The fraction of sp³-hybridized carbons (Fsp3) is 0.417. The van der Waals surface area contributed by atoms with Gasteiger partial charge in [-0.1, -0.05) is 0 Å². The van der Waals surface area contributed by atoms with Gasteiger partial charge in [-0.3, -0.25) is 4.79 Å². The number of rotatable bonds is 8. The lowest BCUT2D eigenvalue weighted by molar-refractivity contribution is -0.177. The maximum Gasteiger partial charge on any atom is 0.419 e. The van der Waals surface area contributed by atoms with Gasteiger partial charge in [-0.2, -0.15) is 18.4 Å². The summed E-state index contributed by atoms with van der Waals surface area (Å²) in [5, 5.41) is 14.3. The normalized spacial score (nSPS) is 18.3. The van der Waals surface area contributed by atoms with Crippen LogP contribution < -0.4 is 15.4 Å². The molecule has 37 heavy (non-hydrogen) atoms. The molecule has 13 heteroatoms. The van der Waals surface area contributed by atoms with Crippen molar-refractivity contribution >= 4 is 17.7 Å². The molecule has 0 aliphatic carbocycles. The smallest absolute Gasteiger partial charge is 0.419 e. The predicted molar refractivity (Wildman–Crippen MR) is 123 cm³/mol. The highest BCUT2D eigenvalue weighted by molar-refractivity contribution is 5.94. The number of carbonyl (C=O) groups is 2. The highest BCUT2D eigenvalue weighted by Gasteiger charge is 2.36. The third-order valence-corrected chi connectivity index (χ3v) is 5.55. The Kier molecular flexibility index (Phi) is 8.90. The van der Waals surface area contributed by atoms with Gasteiger partial charge in [-0.05, 0) is 31.2 Å². The number of anilines is 1. The van der Waals surface area contributed by atoms with E-state index in [1.165, 1.54) is 26.4 Å². The van der Waals surface area contributed by atoms with E-state index in [1.54, 1.807) is 13.0 Å². The molecule has 2 N–H and O–H groups in total. The van der Waals surface area contributed by atoms with Crippen molar-refractivity contribution < 1.29 is 41.7 Å². The summed E-state index contributed by atoms with van der Waals surface area (Å²) in [5.74, 6) is -1.48. The summed E-state index contributed by atoms with van der Waals surface area (Å²) >= 11 is 0. The van der Waals surface area contributed by atoms with Crippen LogP contribution in [0.2, 0.25) is 0 Å². The number of methoxy groups -OCH3 is 2. The average molecular weight is 522 g/mol. The molecule has 1 aromatic carbocycles. The lowest BCUT2D eigenvalue weighted by atomic mass is 10.0. The average Bonchev–Trinajstić information content (AvgIpc) is 2.90. The fourth-order valence-electron chi connectivity index (χ4n) is 3.58. The van der Waals surface area contributed by atoms with E-state index in [-0.39, 0.29) is 25.3 Å². The first-order valence-corrected chi connectivity index (χ1v) is 11.1. The molecule has 1 amide bonds. The number of aromatic nitrogens is 1. The molecule has 2 heterocycles. The maximum absolute atomic E-state index is 13.9. The molecule has 3 rings (SSSR count). The summed E-state index contributed by atoms with van der Waals surface area (Å²) in [6.07, 6.45) is -5.26. The van der Waals surface area contributed by atoms with Crippen LogP contribution in [0.15, 0.2) is 30.5 Å². The van der Waals surface area contributed by atoms with Gasteiger partial charge in [0.05, 0.1) is 62.3 Å². The summed E-state index contributed by atoms with van der Waals surface area (Å²) in [5.41, 5.74) is -0.671. The van der Waals surface area contributed by atoms with Gasteiger partial charge >= 0.3 is 12.1 Å².